The smallest absolute Gasteiger partial charge is 0.411 e. The summed E-state index contributed by atoms with van der Waals surface area (Å²) in [4.78, 5) is 12.7. The molecule has 0 aromatic heterocycles. The molecule has 5 nitrogen and oxygen atoms in total. The van der Waals surface area contributed by atoms with E-state index in [0.717, 1.165) is 39.1 Å². The number of nitrogens with zero attached hydrogens (tertiary/aromatic N) is 1. The van der Waals surface area contributed by atoms with Crippen LogP contribution in [0.5, 0.6) is 11.5 Å². The summed E-state index contributed by atoms with van der Waals surface area (Å²) in [5.41, 5.74) is 6.16. The second-order valence-corrected chi connectivity index (χ2v) is 8.53. The van der Waals surface area contributed by atoms with Crippen molar-refractivity contribution in [3.63, 3.8) is 0 Å². The molecule has 4 rings (SSSR count). The van der Waals surface area contributed by atoms with Crippen LogP contribution >= 0.6 is 0 Å². The highest BCUT2D eigenvalue weighted by atomic mass is 16.5. The predicted molar refractivity (Wildman–Crippen MR) is 122 cm³/mol. The highest BCUT2D eigenvalue weighted by molar-refractivity contribution is 5.89. The number of amides is 1. The Morgan fingerprint density at radius 2 is 1.71 bits per heavy atom. The number of aryl methyl sites for hydroxylation is 2. The van der Waals surface area contributed by atoms with Crippen molar-refractivity contribution in [3.05, 3.63) is 76.9 Å². The Labute approximate surface area is 182 Å². The highest BCUT2D eigenvalue weighted by Gasteiger charge is 2.34. The maximum Gasteiger partial charge on any atom is 0.411 e. The number of benzene rings is 3. The third kappa shape index (κ3) is 3.83. The molecule has 1 aliphatic rings. The maximum absolute atomic E-state index is 11.5. The second-order valence-electron chi connectivity index (χ2n) is 8.53. The van der Waals surface area contributed by atoms with E-state index in [0.29, 0.717) is 18.0 Å². The molecule has 0 atom stereocenters. The van der Waals surface area contributed by atoms with Crippen molar-refractivity contribution in [2.24, 2.45) is 0 Å². The van der Waals surface area contributed by atoms with Crippen molar-refractivity contribution in [3.8, 4) is 22.6 Å². The first-order valence-electron chi connectivity index (χ1n) is 10.3. The fourth-order valence-electron chi connectivity index (χ4n) is 4.07. The third-order valence-electron chi connectivity index (χ3n) is 5.80. The van der Waals surface area contributed by atoms with Crippen molar-refractivity contribution in [2.45, 2.75) is 39.9 Å². The average Bonchev–Trinajstić information content (AvgIpc) is 2.73. The Morgan fingerprint density at radius 1 is 1.03 bits per heavy atom. The van der Waals surface area contributed by atoms with Crippen LogP contribution < -0.4 is 14.4 Å². The fourth-order valence-corrected chi connectivity index (χ4v) is 4.07. The van der Waals surface area contributed by atoms with E-state index in [1.54, 1.807) is 7.05 Å². The molecule has 1 aliphatic heterocycles. The zero-order chi connectivity index (χ0) is 22.3. The summed E-state index contributed by atoms with van der Waals surface area (Å²) in [5, 5.41) is 9.40. The summed E-state index contributed by atoms with van der Waals surface area (Å²) in [6.45, 7) is 8.50. The number of hydrogen-bond donors (Lipinski definition) is 1. The molecule has 1 N–H and O–H groups in total. The lowest BCUT2D eigenvalue weighted by Crippen LogP contribution is -2.30. The van der Waals surface area contributed by atoms with Crippen molar-refractivity contribution < 1.29 is 19.4 Å². The normalized spacial score (nSPS) is 13.6. The van der Waals surface area contributed by atoms with Crippen molar-refractivity contribution in [1.82, 2.24) is 0 Å². The van der Waals surface area contributed by atoms with Gasteiger partial charge in [0.05, 0.1) is 5.69 Å². The molecule has 0 bridgehead atoms. The monoisotopic (exact) mass is 417 g/mol. The molecular weight excluding hydrogens is 390 g/mol. The van der Waals surface area contributed by atoms with Crippen LogP contribution in [0.3, 0.4) is 0 Å². The van der Waals surface area contributed by atoms with E-state index in [2.05, 4.69) is 12.1 Å². The first kappa shape index (κ1) is 20.8. The largest absolute Gasteiger partial charge is 0.489 e. The summed E-state index contributed by atoms with van der Waals surface area (Å²) >= 11 is 0. The molecule has 0 saturated carbocycles. The molecule has 0 spiro atoms. The standard InChI is InChI=1S/C26H27NO4/c1-16-11-20-19-12-17(2)23(30-15-18-9-7-6-8-10-18)13-21(19)26(3,4)31-24(20)14-22(16)27(5)25(28)29/h6-14H,15H2,1-5H3,(H,28,29). The number of anilines is 1. The van der Waals surface area contributed by atoms with Gasteiger partial charge in [-0.25, -0.2) is 4.79 Å². The fraction of sp³-hybridized carbons (Fsp3) is 0.269. The van der Waals surface area contributed by atoms with Gasteiger partial charge in [-0.3, -0.25) is 4.90 Å². The van der Waals surface area contributed by atoms with Crippen LogP contribution in [0.2, 0.25) is 0 Å². The minimum Gasteiger partial charge on any atom is -0.489 e. The molecule has 0 aliphatic carbocycles. The third-order valence-corrected chi connectivity index (χ3v) is 5.80. The molecular formula is C26H27NO4. The zero-order valence-corrected chi connectivity index (χ0v) is 18.5. The van der Waals surface area contributed by atoms with E-state index < -0.39 is 11.7 Å². The average molecular weight is 418 g/mol. The van der Waals surface area contributed by atoms with Gasteiger partial charge in [0.1, 0.15) is 23.7 Å². The SMILES string of the molecule is Cc1cc2c(cc1OCc1ccccc1)C(C)(C)Oc1cc(N(C)C(=O)O)c(C)cc1-2. The van der Waals surface area contributed by atoms with Gasteiger partial charge >= 0.3 is 6.09 Å². The Balaban J connectivity index is 1.76. The first-order valence-corrected chi connectivity index (χ1v) is 10.3. The summed E-state index contributed by atoms with van der Waals surface area (Å²) in [5.74, 6) is 1.52. The molecule has 1 heterocycles. The van der Waals surface area contributed by atoms with Crippen molar-refractivity contribution in [2.75, 3.05) is 11.9 Å². The Bertz CT molecular complexity index is 1150. The summed E-state index contributed by atoms with van der Waals surface area (Å²) < 4.78 is 12.5. The second kappa shape index (κ2) is 7.65. The highest BCUT2D eigenvalue weighted by Crippen LogP contribution is 2.49. The van der Waals surface area contributed by atoms with Crippen LogP contribution in [0.4, 0.5) is 10.5 Å². The van der Waals surface area contributed by atoms with Crippen molar-refractivity contribution in [1.29, 1.82) is 0 Å². The molecule has 0 saturated heterocycles. The van der Waals surface area contributed by atoms with Gasteiger partial charge in [-0.2, -0.15) is 0 Å². The molecule has 1 amide bonds. The maximum atomic E-state index is 11.5. The Kier molecular flexibility index (Phi) is 5.13. The van der Waals surface area contributed by atoms with Gasteiger partial charge in [0.25, 0.3) is 0 Å². The molecule has 160 valence electrons. The molecule has 0 unspecified atom stereocenters. The molecule has 5 heteroatoms. The summed E-state index contributed by atoms with van der Waals surface area (Å²) in [6, 6.07) is 18.1. The van der Waals surface area contributed by atoms with Gasteiger partial charge in [-0.1, -0.05) is 30.3 Å². The number of carboxylic acid groups (broad SMARTS) is 1. The van der Waals surface area contributed by atoms with E-state index in [1.165, 1.54) is 4.90 Å². The van der Waals surface area contributed by atoms with Gasteiger partial charge in [0.2, 0.25) is 0 Å². The first-order chi connectivity index (χ1) is 14.7. The van der Waals surface area contributed by atoms with Crippen LogP contribution in [0.1, 0.15) is 36.1 Å². The predicted octanol–water partition coefficient (Wildman–Crippen LogP) is 6.29. The molecule has 0 radical (unpaired) electrons. The number of ether oxygens (including phenoxy) is 2. The van der Waals surface area contributed by atoms with Gasteiger partial charge in [0, 0.05) is 24.2 Å². The number of carbonyl (C=O) groups is 1. The van der Waals surface area contributed by atoms with Gasteiger partial charge < -0.3 is 14.6 Å². The lowest BCUT2D eigenvalue weighted by atomic mass is 9.84. The van der Waals surface area contributed by atoms with Gasteiger partial charge in [-0.15, -0.1) is 0 Å². The molecule has 3 aromatic carbocycles. The number of fused-ring (bicyclic) bond motifs is 3. The quantitative estimate of drug-likeness (QED) is 0.542. The van der Waals surface area contributed by atoms with Crippen LogP contribution in [0.25, 0.3) is 11.1 Å². The number of rotatable bonds is 4. The molecule has 0 fully saturated rings. The van der Waals surface area contributed by atoms with E-state index >= 15 is 0 Å². The topological polar surface area (TPSA) is 59.0 Å². The van der Waals surface area contributed by atoms with Crippen LogP contribution in [0, 0.1) is 13.8 Å². The van der Waals surface area contributed by atoms with Gasteiger partial charge in [0.15, 0.2) is 0 Å². The molecule has 31 heavy (non-hydrogen) atoms. The summed E-state index contributed by atoms with van der Waals surface area (Å²) in [6.07, 6.45) is -1.01. The minimum absolute atomic E-state index is 0.502. The zero-order valence-electron chi connectivity index (χ0n) is 18.5. The van der Waals surface area contributed by atoms with E-state index in [9.17, 15) is 9.90 Å². The Morgan fingerprint density at radius 3 is 2.39 bits per heavy atom. The Hall–Kier alpha value is -3.47. The van der Waals surface area contributed by atoms with E-state index in [1.807, 2.05) is 70.2 Å². The van der Waals surface area contributed by atoms with E-state index in [4.69, 9.17) is 9.47 Å². The minimum atomic E-state index is -1.01. The van der Waals surface area contributed by atoms with Crippen LogP contribution in [0.15, 0.2) is 54.6 Å². The van der Waals surface area contributed by atoms with Crippen molar-refractivity contribution >= 4 is 11.8 Å². The van der Waals surface area contributed by atoms with E-state index in [-0.39, 0.29) is 0 Å². The van der Waals surface area contributed by atoms with Crippen LogP contribution in [-0.4, -0.2) is 18.2 Å². The van der Waals surface area contributed by atoms with Gasteiger partial charge in [-0.05, 0) is 68.1 Å². The molecule has 3 aromatic rings. The lowest BCUT2D eigenvalue weighted by molar-refractivity contribution is 0.105. The lowest BCUT2D eigenvalue weighted by Gasteiger charge is -2.36. The van der Waals surface area contributed by atoms with Crippen LogP contribution in [-0.2, 0) is 12.2 Å². The number of hydrogen-bond acceptors (Lipinski definition) is 3. The summed E-state index contributed by atoms with van der Waals surface area (Å²) in [7, 11) is 1.54.